The summed E-state index contributed by atoms with van der Waals surface area (Å²) in [5.74, 6) is 0.0888. The van der Waals surface area contributed by atoms with Crippen molar-refractivity contribution in [1.82, 2.24) is 5.32 Å². The maximum Gasteiger partial charge on any atom is 0.225 e. The highest BCUT2D eigenvalue weighted by molar-refractivity contribution is 5.81. The zero-order chi connectivity index (χ0) is 13.2. The number of hydrogen-bond donors (Lipinski definition) is 1. The summed E-state index contributed by atoms with van der Waals surface area (Å²) in [4.78, 5) is 11.9. The first kappa shape index (κ1) is 13.8. The van der Waals surface area contributed by atoms with Gasteiger partial charge in [-0.25, -0.2) is 0 Å². The maximum atomic E-state index is 11.9. The van der Waals surface area contributed by atoms with Crippen LogP contribution in [-0.4, -0.2) is 5.91 Å². The molecule has 0 fully saturated rings. The fourth-order valence-electron chi connectivity index (χ4n) is 1.72. The molecule has 1 aromatic rings. The van der Waals surface area contributed by atoms with Crippen LogP contribution in [0.2, 0.25) is 0 Å². The Morgan fingerprint density at radius 2 is 1.82 bits per heavy atom. The second-order valence-corrected chi connectivity index (χ2v) is 5.81. The second-order valence-electron chi connectivity index (χ2n) is 5.81. The number of hydrogen-bond acceptors (Lipinski definition) is 1. The van der Waals surface area contributed by atoms with Crippen molar-refractivity contribution in [3.63, 3.8) is 0 Å². The van der Waals surface area contributed by atoms with Gasteiger partial charge < -0.3 is 5.32 Å². The molecule has 2 heteroatoms. The maximum absolute atomic E-state index is 11.9. The van der Waals surface area contributed by atoms with E-state index in [1.54, 1.807) is 0 Å². The monoisotopic (exact) mass is 233 g/mol. The van der Waals surface area contributed by atoms with Crippen LogP contribution in [-0.2, 0) is 4.79 Å². The quantitative estimate of drug-likeness (QED) is 0.832. The van der Waals surface area contributed by atoms with Crippen LogP contribution in [0, 0.1) is 19.3 Å². The summed E-state index contributed by atoms with van der Waals surface area (Å²) >= 11 is 0. The van der Waals surface area contributed by atoms with E-state index in [0.717, 1.165) is 0 Å². The van der Waals surface area contributed by atoms with Gasteiger partial charge in [-0.15, -0.1) is 0 Å². The van der Waals surface area contributed by atoms with E-state index in [1.165, 1.54) is 16.7 Å². The lowest BCUT2D eigenvalue weighted by Crippen LogP contribution is -2.36. The van der Waals surface area contributed by atoms with Crippen LogP contribution >= 0.6 is 0 Å². The molecular formula is C15H23NO. The number of rotatable bonds is 2. The first-order valence-corrected chi connectivity index (χ1v) is 6.10. The Morgan fingerprint density at radius 1 is 1.24 bits per heavy atom. The van der Waals surface area contributed by atoms with Gasteiger partial charge in [-0.2, -0.15) is 0 Å². The first-order valence-electron chi connectivity index (χ1n) is 6.10. The summed E-state index contributed by atoms with van der Waals surface area (Å²) in [5, 5.41) is 3.07. The van der Waals surface area contributed by atoms with Gasteiger partial charge in [-0.05, 0) is 31.9 Å². The average Bonchev–Trinajstić information content (AvgIpc) is 2.20. The molecule has 1 amide bonds. The molecular weight excluding hydrogens is 210 g/mol. The minimum Gasteiger partial charge on any atom is -0.349 e. The summed E-state index contributed by atoms with van der Waals surface area (Å²) in [5.41, 5.74) is 3.30. The van der Waals surface area contributed by atoms with Crippen LogP contribution in [0.25, 0.3) is 0 Å². The Balaban J connectivity index is 2.87. The van der Waals surface area contributed by atoms with Gasteiger partial charge in [0.05, 0.1) is 6.04 Å². The van der Waals surface area contributed by atoms with Gasteiger partial charge in [-0.1, -0.05) is 44.5 Å². The number of nitrogens with one attached hydrogen (secondary N) is 1. The molecule has 1 aromatic carbocycles. The molecule has 2 nitrogen and oxygen atoms in total. The van der Waals surface area contributed by atoms with Crippen molar-refractivity contribution in [2.24, 2.45) is 5.41 Å². The van der Waals surface area contributed by atoms with Crippen molar-refractivity contribution in [2.45, 2.75) is 47.6 Å². The van der Waals surface area contributed by atoms with Gasteiger partial charge in [0.2, 0.25) is 5.91 Å². The van der Waals surface area contributed by atoms with Gasteiger partial charge in [0.1, 0.15) is 0 Å². The van der Waals surface area contributed by atoms with Crippen LogP contribution in [0.1, 0.15) is 50.4 Å². The van der Waals surface area contributed by atoms with Crippen molar-refractivity contribution in [1.29, 1.82) is 0 Å². The molecule has 0 heterocycles. The third-order valence-corrected chi connectivity index (χ3v) is 2.93. The lowest BCUT2D eigenvalue weighted by molar-refractivity contribution is -0.129. The molecule has 0 saturated heterocycles. The summed E-state index contributed by atoms with van der Waals surface area (Å²) in [6.07, 6.45) is 0. The third-order valence-electron chi connectivity index (χ3n) is 2.93. The van der Waals surface area contributed by atoms with Gasteiger partial charge >= 0.3 is 0 Å². The molecule has 0 saturated carbocycles. The molecule has 1 unspecified atom stereocenters. The Hall–Kier alpha value is -1.31. The molecule has 0 aliphatic carbocycles. The topological polar surface area (TPSA) is 29.1 Å². The molecule has 0 aliphatic rings. The second kappa shape index (κ2) is 4.91. The van der Waals surface area contributed by atoms with Crippen LogP contribution in [0.4, 0.5) is 0 Å². The van der Waals surface area contributed by atoms with Crippen molar-refractivity contribution in [2.75, 3.05) is 0 Å². The predicted octanol–water partition coefficient (Wildman–Crippen LogP) is 3.53. The van der Waals surface area contributed by atoms with Crippen molar-refractivity contribution in [3.05, 3.63) is 34.9 Å². The summed E-state index contributed by atoms with van der Waals surface area (Å²) in [6, 6.07) is 6.39. The summed E-state index contributed by atoms with van der Waals surface area (Å²) in [7, 11) is 0. The van der Waals surface area contributed by atoms with Gasteiger partial charge in [0.15, 0.2) is 0 Å². The van der Waals surface area contributed by atoms with Crippen LogP contribution in [0.15, 0.2) is 18.2 Å². The Labute approximate surface area is 104 Å². The van der Waals surface area contributed by atoms with Crippen LogP contribution in [0.5, 0.6) is 0 Å². The lowest BCUT2D eigenvalue weighted by Gasteiger charge is -2.23. The summed E-state index contributed by atoms with van der Waals surface area (Å²) in [6.45, 7) is 12.0. The lowest BCUT2D eigenvalue weighted by atomic mass is 9.94. The van der Waals surface area contributed by atoms with Crippen molar-refractivity contribution in [3.8, 4) is 0 Å². The normalized spacial score (nSPS) is 13.3. The van der Waals surface area contributed by atoms with E-state index >= 15 is 0 Å². The molecule has 0 spiro atoms. The fraction of sp³-hybridized carbons (Fsp3) is 0.533. The highest BCUT2D eigenvalue weighted by atomic mass is 16.2. The van der Waals surface area contributed by atoms with Crippen LogP contribution in [0.3, 0.4) is 0 Å². The molecule has 0 aliphatic heterocycles. The fourth-order valence-corrected chi connectivity index (χ4v) is 1.72. The highest BCUT2D eigenvalue weighted by Crippen LogP contribution is 2.21. The average molecular weight is 233 g/mol. The molecule has 94 valence electrons. The van der Waals surface area contributed by atoms with E-state index in [4.69, 9.17) is 0 Å². The van der Waals surface area contributed by atoms with Crippen molar-refractivity contribution >= 4 is 5.91 Å². The zero-order valence-corrected chi connectivity index (χ0v) is 11.7. The molecule has 1 atom stereocenters. The van der Waals surface area contributed by atoms with E-state index in [-0.39, 0.29) is 17.4 Å². The first-order chi connectivity index (χ1) is 7.71. The Bertz CT molecular complexity index is 415. The number of carbonyl (C=O) groups is 1. The molecule has 0 bridgehead atoms. The Morgan fingerprint density at radius 3 is 2.35 bits per heavy atom. The zero-order valence-electron chi connectivity index (χ0n) is 11.7. The molecule has 17 heavy (non-hydrogen) atoms. The largest absolute Gasteiger partial charge is 0.349 e. The number of benzene rings is 1. The predicted molar refractivity (Wildman–Crippen MR) is 71.9 cm³/mol. The Kier molecular flexibility index (Phi) is 3.97. The van der Waals surface area contributed by atoms with E-state index in [9.17, 15) is 4.79 Å². The minimum atomic E-state index is -0.341. The third kappa shape index (κ3) is 3.58. The van der Waals surface area contributed by atoms with E-state index in [0.29, 0.717) is 0 Å². The van der Waals surface area contributed by atoms with Gasteiger partial charge in [-0.3, -0.25) is 4.79 Å². The molecule has 1 rings (SSSR count). The number of amides is 1. The number of aryl methyl sites for hydroxylation is 2. The minimum absolute atomic E-state index is 0.0571. The number of carbonyl (C=O) groups excluding carboxylic acids is 1. The van der Waals surface area contributed by atoms with E-state index in [1.807, 2.05) is 27.7 Å². The van der Waals surface area contributed by atoms with E-state index < -0.39 is 0 Å². The molecule has 1 N–H and O–H groups in total. The van der Waals surface area contributed by atoms with Gasteiger partial charge in [0, 0.05) is 5.41 Å². The highest BCUT2D eigenvalue weighted by Gasteiger charge is 2.23. The standard InChI is InChI=1S/C15H23NO/c1-10-7-8-11(2)13(9-10)12(3)16-14(17)15(4,5)6/h7-9,12H,1-6H3,(H,16,17). The van der Waals surface area contributed by atoms with Crippen LogP contribution < -0.4 is 5.32 Å². The SMILES string of the molecule is Cc1ccc(C)c(C(C)NC(=O)C(C)(C)C)c1. The molecule has 0 radical (unpaired) electrons. The summed E-state index contributed by atoms with van der Waals surface area (Å²) < 4.78 is 0. The van der Waals surface area contributed by atoms with Gasteiger partial charge in [0.25, 0.3) is 0 Å². The molecule has 0 aromatic heterocycles. The van der Waals surface area contributed by atoms with Crippen molar-refractivity contribution < 1.29 is 4.79 Å². The van der Waals surface area contributed by atoms with E-state index in [2.05, 4.69) is 37.4 Å². The smallest absolute Gasteiger partial charge is 0.225 e.